The summed E-state index contributed by atoms with van der Waals surface area (Å²) >= 11 is 7.71. The number of rotatable bonds is 6. The van der Waals surface area contributed by atoms with Gasteiger partial charge in [-0.3, -0.25) is 4.90 Å². The lowest BCUT2D eigenvalue weighted by molar-refractivity contribution is 0.0446. The summed E-state index contributed by atoms with van der Waals surface area (Å²) in [5.41, 5.74) is 6.25. The second-order valence-electron chi connectivity index (χ2n) is 12.1. The van der Waals surface area contributed by atoms with Crippen molar-refractivity contribution in [3.8, 4) is 18.1 Å². The highest BCUT2D eigenvalue weighted by Crippen LogP contribution is 2.45. The summed E-state index contributed by atoms with van der Waals surface area (Å²) in [6.45, 7) is 5.39. The van der Waals surface area contributed by atoms with Crippen molar-refractivity contribution in [2.24, 2.45) is 0 Å². The number of halogens is 2. The molecule has 4 aliphatic heterocycles. The van der Waals surface area contributed by atoms with Crippen LogP contribution in [-0.2, 0) is 0 Å². The number of nitrogens with two attached hydrogens (primary N) is 1. The highest BCUT2D eigenvalue weighted by atomic mass is 35.5. The molecule has 4 aliphatic rings. The van der Waals surface area contributed by atoms with Gasteiger partial charge in [0.2, 0.25) is 0 Å². The minimum atomic E-state index is -0.914. The standard InChI is InChI=1S/C28H34ClFN8O2S/c1-27(39)5-2-7-37(15-27)25-20(12-32)24(36-9-4-17(13-36)21-19(11-31)23(33)41-22(21)29)34-26(35-25)40-16-28-6-3-8-38(28)14-18(30)10-28/h17-18,39H,2-10,13-16,33H2,1H3/t17?,18?,27-,28+/m1/s1. The second-order valence-corrected chi connectivity index (χ2v) is 13.8. The van der Waals surface area contributed by atoms with Crippen molar-refractivity contribution < 1.29 is 14.2 Å². The fourth-order valence-electron chi connectivity index (χ4n) is 7.19. The molecule has 0 bridgehead atoms. The third-order valence-electron chi connectivity index (χ3n) is 9.10. The molecular formula is C28H34ClFN8O2S. The average molecular weight is 601 g/mol. The highest BCUT2D eigenvalue weighted by Gasteiger charge is 2.49. The molecule has 2 unspecified atom stereocenters. The van der Waals surface area contributed by atoms with E-state index in [-0.39, 0.29) is 24.1 Å². The van der Waals surface area contributed by atoms with Crippen molar-refractivity contribution in [1.82, 2.24) is 14.9 Å². The Morgan fingerprint density at radius 2 is 1.85 bits per heavy atom. The zero-order chi connectivity index (χ0) is 28.9. The summed E-state index contributed by atoms with van der Waals surface area (Å²) in [6.07, 6.45) is 3.54. The zero-order valence-corrected chi connectivity index (χ0v) is 24.6. The minimum Gasteiger partial charge on any atom is -0.461 e. The van der Waals surface area contributed by atoms with Crippen molar-refractivity contribution in [3.63, 3.8) is 0 Å². The number of aromatic nitrogens is 2. The van der Waals surface area contributed by atoms with Gasteiger partial charge in [-0.1, -0.05) is 11.6 Å². The van der Waals surface area contributed by atoms with E-state index < -0.39 is 11.8 Å². The summed E-state index contributed by atoms with van der Waals surface area (Å²) in [5.74, 6) is 0.831. The van der Waals surface area contributed by atoms with Crippen LogP contribution in [-0.4, -0.2) is 83.2 Å². The average Bonchev–Trinajstić information content (AvgIpc) is 3.68. The Morgan fingerprint density at radius 3 is 2.59 bits per heavy atom. The van der Waals surface area contributed by atoms with Crippen LogP contribution in [0, 0.1) is 22.7 Å². The molecule has 218 valence electrons. The Kier molecular flexibility index (Phi) is 7.39. The second kappa shape index (κ2) is 10.7. The number of fused-ring (bicyclic) bond motifs is 1. The van der Waals surface area contributed by atoms with Gasteiger partial charge < -0.3 is 25.4 Å². The van der Waals surface area contributed by atoms with E-state index in [4.69, 9.17) is 32.0 Å². The van der Waals surface area contributed by atoms with Crippen molar-refractivity contribution in [1.29, 1.82) is 10.5 Å². The number of ether oxygens (including phenoxy) is 1. The fourth-order valence-corrected chi connectivity index (χ4v) is 8.52. The van der Waals surface area contributed by atoms with Gasteiger partial charge in [-0.15, -0.1) is 11.3 Å². The molecule has 0 spiro atoms. The molecule has 41 heavy (non-hydrogen) atoms. The van der Waals surface area contributed by atoms with Gasteiger partial charge in [-0.05, 0) is 45.6 Å². The Morgan fingerprint density at radius 1 is 1.12 bits per heavy atom. The van der Waals surface area contributed by atoms with Crippen LogP contribution in [0.25, 0.3) is 0 Å². The van der Waals surface area contributed by atoms with Gasteiger partial charge in [0, 0.05) is 50.6 Å². The van der Waals surface area contributed by atoms with Gasteiger partial charge in [0.25, 0.3) is 0 Å². The van der Waals surface area contributed by atoms with Crippen LogP contribution in [0.4, 0.5) is 21.0 Å². The van der Waals surface area contributed by atoms with Crippen LogP contribution in [0.3, 0.4) is 0 Å². The van der Waals surface area contributed by atoms with E-state index in [2.05, 4.69) is 17.0 Å². The normalized spacial score (nSPS) is 29.9. The number of nitrogen functional groups attached to an aromatic ring is 1. The van der Waals surface area contributed by atoms with Gasteiger partial charge in [0.1, 0.15) is 35.5 Å². The third-order valence-corrected chi connectivity index (χ3v) is 10.4. The Bertz CT molecular complexity index is 1420. The number of aliphatic hydroxyl groups is 1. The minimum absolute atomic E-state index is 0.0540. The molecule has 3 N–H and O–H groups in total. The molecule has 0 saturated carbocycles. The molecule has 0 amide bonds. The van der Waals surface area contributed by atoms with Crippen LogP contribution in [0.1, 0.15) is 68.1 Å². The van der Waals surface area contributed by atoms with Crippen LogP contribution in [0.5, 0.6) is 6.01 Å². The molecule has 13 heteroatoms. The number of hydrogen-bond donors (Lipinski definition) is 2. The van der Waals surface area contributed by atoms with Gasteiger partial charge in [0.15, 0.2) is 11.6 Å². The van der Waals surface area contributed by atoms with E-state index in [1.54, 1.807) is 6.92 Å². The number of hydrogen-bond acceptors (Lipinski definition) is 11. The zero-order valence-electron chi connectivity index (χ0n) is 23.1. The smallest absolute Gasteiger partial charge is 0.320 e. The first-order valence-electron chi connectivity index (χ1n) is 14.2. The van der Waals surface area contributed by atoms with E-state index in [1.165, 1.54) is 11.3 Å². The van der Waals surface area contributed by atoms with Crippen LogP contribution in [0.15, 0.2) is 0 Å². The number of piperidine rings is 1. The lowest BCUT2D eigenvalue weighted by Crippen LogP contribution is -2.47. The topological polar surface area (TPSA) is 139 Å². The van der Waals surface area contributed by atoms with Crippen molar-refractivity contribution in [2.75, 3.05) is 61.4 Å². The fraction of sp³-hybridized carbons (Fsp3) is 0.643. The molecule has 2 aromatic rings. The predicted molar refractivity (Wildman–Crippen MR) is 155 cm³/mol. The number of alkyl halides is 1. The number of nitriles is 2. The summed E-state index contributed by atoms with van der Waals surface area (Å²) in [5, 5.41) is 31.3. The molecular weight excluding hydrogens is 567 g/mol. The monoisotopic (exact) mass is 600 g/mol. The number of anilines is 3. The van der Waals surface area contributed by atoms with Crippen molar-refractivity contribution >= 4 is 39.6 Å². The lowest BCUT2D eigenvalue weighted by atomic mass is 9.95. The maximum atomic E-state index is 14.4. The number of nitrogens with zero attached hydrogens (tertiary/aromatic N) is 7. The summed E-state index contributed by atoms with van der Waals surface area (Å²) in [6, 6.07) is 4.66. The van der Waals surface area contributed by atoms with Crippen LogP contribution >= 0.6 is 22.9 Å². The van der Waals surface area contributed by atoms with E-state index in [0.29, 0.717) is 84.1 Å². The van der Waals surface area contributed by atoms with Gasteiger partial charge >= 0.3 is 6.01 Å². The first kappa shape index (κ1) is 28.2. The van der Waals surface area contributed by atoms with E-state index in [0.717, 1.165) is 31.4 Å². The first-order chi connectivity index (χ1) is 19.6. The molecule has 4 fully saturated rings. The molecule has 0 radical (unpaired) electrons. The van der Waals surface area contributed by atoms with E-state index in [1.807, 2.05) is 9.80 Å². The maximum Gasteiger partial charge on any atom is 0.320 e. The van der Waals surface area contributed by atoms with E-state index >= 15 is 0 Å². The molecule has 2 aromatic heterocycles. The quantitative estimate of drug-likeness (QED) is 0.503. The lowest BCUT2D eigenvalue weighted by Gasteiger charge is -2.38. The third kappa shape index (κ3) is 5.16. The van der Waals surface area contributed by atoms with Crippen molar-refractivity contribution in [2.45, 2.75) is 68.7 Å². The molecule has 0 aliphatic carbocycles. The Hall–Kier alpha value is -2.90. The molecule has 6 heterocycles. The molecule has 6 rings (SSSR count). The predicted octanol–water partition coefficient (Wildman–Crippen LogP) is 3.82. The largest absolute Gasteiger partial charge is 0.461 e. The molecule has 4 saturated heterocycles. The molecule has 0 aromatic carbocycles. The summed E-state index contributed by atoms with van der Waals surface area (Å²) < 4.78 is 21.2. The SMILES string of the molecule is C[C@@]1(O)CCCN(c2nc(OC[C@@]34CCCN3CC(F)C4)nc(N3CCC(c4c(Cl)sc(N)c4C#N)C3)c2C#N)C1. The highest BCUT2D eigenvalue weighted by molar-refractivity contribution is 7.20. The van der Waals surface area contributed by atoms with Crippen LogP contribution in [0.2, 0.25) is 4.34 Å². The Balaban J connectivity index is 1.34. The maximum absolute atomic E-state index is 14.4. The van der Waals surface area contributed by atoms with Gasteiger partial charge in [-0.25, -0.2) is 4.39 Å². The molecule has 10 nitrogen and oxygen atoms in total. The van der Waals surface area contributed by atoms with Crippen molar-refractivity contribution in [3.05, 3.63) is 21.0 Å². The van der Waals surface area contributed by atoms with Crippen LogP contribution < -0.4 is 20.3 Å². The first-order valence-corrected chi connectivity index (χ1v) is 15.4. The number of β-amino-alcohol motifs (C(OH)–C–C–N with tert-alkyl or cyclic N) is 1. The number of thiophene rings is 1. The van der Waals surface area contributed by atoms with E-state index in [9.17, 15) is 20.0 Å². The molecule has 4 atom stereocenters. The van der Waals surface area contributed by atoms with Gasteiger partial charge in [-0.2, -0.15) is 20.5 Å². The summed E-state index contributed by atoms with van der Waals surface area (Å²) in [4.78, 5) is 15.6. The summed E-state index contributed by atoms with van der Waals surface area (Å²) in [7, 11) is 0. The Labute approximate surface area is 248 Å². The van der Waals surface area contributed by atoms with Gasteiger partial charge in [0.05, 0.1) is 21.0 Å².